The molecule has 2 heterocycles. The van der Waals surface area contributed by atoms with E-state index in [4.69, 9.17) is 0 Å². The third-order valence-electron chi connectivity index (χ3n) is 7.44. The van der Waals surface area contributed by atoms with Crippen molar-refractivity contribution in [1.82, 2.24) is 25.1 Å². The molecule has 148 valence electrons. The van der Waals surface area contributed by atoms with E-state index in [0.29, 0.717) is 16.9 Å². The number of carbonyl (C=O) groups excluding carboxylic acids is 1. The monoisotopic (exact) mass is 379 g/mol. The summed E-state index contributed by atoms with van der Waals surface area (Å²) < 4.78 is 1.66. The SMILES string of the molecule is Cc1cnc(-n2ncc(C(=O)NCC34CC5CC(CC(C5)C3)C4)c2C)nc1C. The first kappa shape index (κ1) is 17.8. The maximum atomic E-state index is 12.9. The van der Waals surface area contributed by atoms with Gasteiger partial charge in [0.2, 0.25) is 0 Å². The standard InChI is InChI=1S/C22H29N5O/c1-13-10-23-21(26-14(13)2)27-15(3)19(11-25-27)20(28)24-12-22-7-16-4-17(8-22)6-18(5-16)9-22/h10-11,16-18H,4-9,12H2,1-3H3,(H,24,28). The highest BCUT2D eigenvalue weighted by atomic mass is 16.1. The van der Waals surface area contributed by atoms with Gasteiger partial charge in [-0.1, -0.05) is 0 Å². The maximum absolute atomic E-state index is 12.9. The van der Waals surface area contributed by atoms with Crippen molar-refractivity contribution in [2.24, 2.45) is 23.2 Å². The molecule has 0 radical (unpaired) electrons. The second kappa shape index (κ2) is 6.39. The Labute approximate surface area is 166 Å². The normalized spacial score (nSPS) is 30.6. The van der Waals surface area contributed by atoms with Crippen molar-refractivity contribution in [2.75, 3.05) is 6.54 Å². The van der Waals surface area contributed by atoms with E-state index in [-0.39, 0.29) is 5.91 Å². The second-order valence-corrected chi connectivity index (χ2v) is 9.59. The number of hydrogen-bond acceptors (Lipinski definition) is 4. The van der Waals surface area contributed by atoms with Crippen molar-refractivity contribution >= 4 is 5.91 Å². The predicted octanol–water partition coefficient (Wildman–Crippen LogP) is 3.53. The zero-order valence-electron chi connectivity index (χ0n) is 17.0. The summed E-state index contributed by atoms with van der Waals surface area (Å²) >= 11 is 0. The van der Waals surface area contributed by atoms with Crippen LogP contribution >= 0.6 is 0 Å². The summed E-state index contributed by atoms with van der Waals surface area (Å²) in [6.07, 6.45) is 11.6. The Morgan fingerprint density at radius 2 is 1.75 bits per heavy atom. The topological polar surface area (TPSA) is 72.7 Å². The van der Waals surface area contributed by atoms with Crippen LogP contribution in [0.4, 0.5) is 0 Å². The molecule has 0 aromatic carbocycles. The molecule has 2 aromatic heterocycles. The Bertz CT molecular complexity index is 896. The van der Waals surface area contributed by atoms with Crippen LogP contribution < -0.4 is 5.32 Å². The van der Waals surface area contributed by atoms with Gasteiger partial charge in [0.1, 0.15) is 0 Å². The molecule has 4 aliphatic carbocycles. The molecule has 6 nitrogen and oxygen atoms in total. The molecule has 0 spiro atoms. The molecule has 0 aliphatic heterocycles. The van der Waals surface area contributed by atoms with Gasteiger partial charge < -0.3 is 5.32 Å². The first-order valence-corrected chi connectivity index (χ1v) is 10.6. The highest BCUT2D eigenvalue weighted by Gasteiger charge is 2.50. The molecule has 4 fully saturated rings. The van der Waals surface area contributed by atoms with E-state index < -0.39 is 0 Å². The number of aryl methyl sites for hydroxylation is 2. The van der Waals surface area contributed by atoms with E-state index in [0.717, 1.165) is 41.2 Å². The summed E-state index contributed by atoms with van der Waals surface area (Å²) in [7, 11) is 0. The number of rotatable bonds is 4. The van der Waals surface area contributed by atoms with Gasteiger partial charge in [-0.15, -0.1) is 0 Å². The minimum absolute atomic E-state index is 0.0247. The molecule has 6 rings (SSSR count). The van der Waals surface area contributed by atoms with E-state index >= 15 is 0 Å². The number of nitrogens with one attached hydrogen (secondary N) is 1. The van der Waals surface area contributed by atoms with Crippen LogP contribution in [0.15, 0.2) is 12.4 Å². The van der Waals surface area contributed by atoms with E-state index in [1.165, 1.54) is 38.5 Å². The molecule has 1 N–H and O–H groups in total. The Morgan fingerprint density at radius 3 is 2.36 bits per heavy atom. The van der Waals surface area contributed by atoms with Crippen molar-refractivity contribution in [3.8, 4) is 5.95 Å². The van der Waals surface area contributed by atoms with Crippen molar-refractivity contribution < 1.29 is 4.79 Å². The minimum atomic E-state index is -0.0247. The Hall–Kier alpha value is -2.24. The number of aromatic nitrogens is 4. The molecule has 0 atom stereocenters. The largest absolute Gasteiger partial charge is 0.351 e. The fraction of sp³-hybridized carbons (Fsp3) is 0.636. The van der Waals surface area contributed by atoms with E-state index in [1.54, 1.807) is 17.1 Å². The number of hydrogen-bond donors (Lipinski definition) is 1. The smallest absolute Gasteiger partial charge is 0.254 e. The first-order valence-electron chi connectivity index (χ1n) is 10.6. The highest BCUT2D eigenvalue weighted by molar-refractivity contribution is 5.95. The first-order chi connectivity index (χ1) is 13.4. The third kappa shape index (κ3) is 2.93. The van der Waals surface area contributed by atoms with Gasteiger partial charge >= 0.3 is 0 Å². The van der Waals surface area contributed by atoms with Crippen molar-refractivity contribution in [1.29, 1.82) is 0 Å². The summed E-state index contributed by atoms with van der Waals surface area (Å²) in [6, 6.07) is 0. The average Bonchev–Trinajstić information content (AvgIpc) is 3.02. The fourth-order valence-electron chi connectivity index (χ4n) is 6.32. The highest BCUT2D eigenvalue weighted by Crippen LogP contribution is 2.59. The summed E-state index contributed by atoms with van der Waals surface area (Å²) in [4.78, 5) is 21.8. The number of carbonyl (C=O) groups is 1. The van der Waals surface area contributed by atoms with Gasteiger partial charge in [-0.2, -0.15) is 5.10 Å². The van der Waals surface area contributed by atoms with Crippen LogP contribution in [0.25, 0.3) is 5.95 Å². The molecular formula is C22H29N5O. The van der Waals surface area contributed by atoms with Crippen LogP contribution in [-0.2, 0) is 0 Å². The summed E-state index contributed by atoms with van der Waals surface area (Å²) in [5.74, 6) is 3.18. The Morgan fingerprint density at radius 1 is 1.11 bits per heavy atom. The lowest BCUT2D eigenvalue weighted by molar-refractivity contribution is -0.0503. The lowest BCUT2D eigenvalue weighted by atomic mass is 9.49. The Balaban J connectivity index is 1.31. The van der Waals surface area contributed by atoms with Gasteiger partial charge in [0.05, 0.1) is 17.5 Å². The van der Waals surface area contributed by atoms with Crippen LogP contribution in [0.5, 0.6) is 0 Å². The summed E-state index contributed by atoms with van der Waals surface area (Å²) in [5.41, 5.74) is 3.71. The van der Waals surface area contributed by atoms with Crippen molar-refractivity contribution in [2.45, 2.75) is 59.3 Å². The molecule has 0 unspecified atom stereocenters. The predicted molar refractivity (Wildman–Crippen MR) is 106 cm³/mol. The van der Waals surface area contributed by atoms with Gasteiger partial charge in [0.25, 0.3) is 11.9 Å². The molecule has 4 saturated carbocycles. The van der Waals surface area contributed by atoms with E-state index in [2.05, 4.69) is 20.4 Å². The molecule has 4 aliphatic rings. The van der Waals surface area contributed by atoms with Gasteiger partial charge in [-0.3, -0.25) is 4.79 Å². The van der Waals surface area contributed by atoms with Gasteiger partial charge in [0.15, 0.2) is 0 Å². The zero-order valence-corrected chi connectivity index (χ0v) is 17.0. The van der Waals surface area contributed by atoms with E-state index in [1.807, 2.05) is 20.8 Å². The van der Waals surface area contributed by atoms with Crippen molar-refractivity contribution in [3.05, 3.63) is 34.9 Å². The summed E-state index contributed by atoms with van der Waals surface area (Å²) in [6.45, 7) is 6.65. The second-order valence-electron chi connectivity index (χ2n) is 9.59. The van der Waals surface area contributed by atoms with E-state index in [9.17, 15) is 4.79 Å². The third-order valence-corrected chi connectivity index (χ3v) is 7.44. The Kier molecular flexibility index (Phi) is 4.07. The summed E-state index contributed by atoms with van der Waals surface area (Å²) in [5, 5.41) is 7.63. The van der Waals surface area contributed by atoms with Crippen LogP contribution in [0, 0.1) is 43.9 Å². The molecule has 1 amide bonds. The number of amides is 1. The molecule has 4 bridgehead atoms. The molecule has 6 heteroatoms. The molecular weight excluding hydrogens is 350 g/mol. The lowest BCUT2D eigenvalue weighted by Gasteiger charge is -2.56. The zero-order chi connectivity index (χ0) is 19.5. The minimum Gasteiger partial charge on any atom is -0.351 e. The number of nitrogens with zero attached hydrogens (tertiary/aromatic N) is 4. The van der Waals surface area contributed by atoms with Crippen LogP contribution in [-0.4, -0.2) is 32.2 Å². The maximum Gasteiger partial charge on any atom is 0.254 e. The fourth-order valence-corrected chi connectivity index (χ4v) is 6.32. The quantitative estimate of drug-likeness (QED) is 0.882. The molecule has 28 heavy (non-hydrogen) atoms. The van der Waals surface area contributed by atoms with Gasteiger partial charge in [-0.05, 0) is 88.0 Å². The van der Waals surface area contributed by atoms with Gasteiger partial charge in [-0.25, -0.2) is 14.6 Å². The van der Waals surface area contributed by atoms with Crippen molar-refractivity contribution in [3.63, 3.8) is 0 Å². The lowest BCUT2D eigenvalue weighted by Crippen LogP contribution is -2.51. The van der Waals surface area contributed by atoms with Crippen LogP contribution in [0.2, 0.25) is 0 Å². The molecule has 0 saturated heterocycles. The van der Waals surface area contributed by atoms with Crippen LogP contribution in [0.3, 0.4) is 0 Å². The van der Waals surface area contributed by atoms with Crippen LogP contribution in [0.1, 0.15) is 65.8 Å². The molecule has 2 aromatic rings. The van der Waals surface area contributed by atoms with Gasteiger partial charge in [0, 0.05) is 18.4 Å². The average molecular weight is 380 g/mol.